The molecule has 108 valence electrons. The second-order valence-electron chi connectivity index (χ2n) is 5.17. The molecule has 2 N–H and O–H groups in total. The van der Waals surface area contributed by atoms with Crippen molar-refractivity contribution < 1.29 is 14.6 Å². The molecule has 4 heteroatoms. The minimum Gasteiger partial charge on any atom is -0.507 e. The van der Waals surface area contributed by atoms with E-state index >= 15 is 0 Å². The van der Waals surface area contributed by atoms with Crippen molar-refractivity contribution in [2.45, 2.75) is 19.3 Å². The summed E-state index contributed by atoms with van der Waals surface area (Å²) in [6.07, 6.45) is 3.34. The van der Waals surface area contributed by atoms with Gasteiger partial charge < -0.3 is 15.2 Å². The number of phenolic OH excluding ortho intramolecular Hbond substituents is 1. The highest BCUT2D eigenvalue weighted by atomic mass is 16.5. The number of fused-ring (bicyclic) bond motifs is 1. The molecule has 0 radical (unpaired) electrons. The first-order valence-electron chi connectivity index (χ1n) is 6.97. The van der Waals surface area contributed by atoms with Crippen molar-refractivity contribution in [1.82, 2.24) is 0 Å². The number of aryl methyl sites for hydroxylation is 2. The van der Waals surface area contributed by atoms with E-state index in [1.807, 2.05) is 12.1 Å². The molecule has 0 unspecified atom stereocenters. The van der Waals surface area contributed by atoms with Crippen LogP contribution in [-0.2, 0) is 12.8 Å². The number of anilines is 1. The van der Waals surface area contributed by atoms with E-state index in [0.717, 1.165) is 18.5 Å². The van der Waals surface area contributed by atoms with Gasteiger partial charge in [-0.05, 0) is 60.7 Å². The molecule has 1 aliphatic rings. The van der Waals surface area contributed by atoms with Crippen molar-refractivity contribution in [3.63, 3.8) is 0 Å². The highest BCUT2D eigenvalue weighted by molar-refractivity contribution is 6.06. The summed E-state index contributed by atoms with van der Waals surface area (Å²) in [7, 11) is 1.52. The van der Waals surface area contributed by atoms with Crippen LogP contribution in [0.5, 0.6) is 11.5 Å². The van der Waals surface area contributed by atoms with Gasteiger partial charge in [0.2, 0.25) is 0 Å². The van der Waals surface area contributed by atoms with E-state index in [1.165, 1.54) is 36.8 Å². The summed E-state index contributed by atoms with van der Waals surface area (Å²) < 4.78 is 5.08. The largest absolute Gasteiger partial charge is 0.507 e. The lowest BCUT2D eigenvalue weighted by atomic mass is 10.1. The van der Waals surface area contributed by atoms with Gasteiger partial charge in [0.05, 0.1) is 12.7 Å². The van der Waals surface area contributed by atoms with Crippen molar-refractivity contribution in [3.05, 3.63) is 53.1 Å². The van der Waals surface area contributed by atoms with E-state index in [1.54, 1.807) is 6.07 Å². The molecule has 0 saturated heterocycles. The fraction of sp³-hybridized carbons (Fsp3) is 0.235. The van der Waals surface area contributed by atoms with Crippen LogP contribution in [0.1, 0.15) is 27.9 Å². The summed E-state index contributed by atoms with van der Waals surface area (Å²) in [6.45, 7) is 0. The number of aromatic hydroxyl groups is 1. The smallest absolute Gasteiger partial charge is 0.259 e. The second-order valence-corrected chi connectivity index (χ2v) is 5.17. The van der Waals surface area contributed by atoms with Crippen LogP contribution in [0.2, 0.25) is 0 Å². The molecule has 21 heavy (non-hydrogen) atoms. The fourth-order valence-electron chi connectivity index (χ4n) is 2.67. The zero-order valence-corrected chi connectivity index (χ0v) is 11.8. The average Bonchev–Trinajstić information content (AvgIpc) is 2.95. The Bertz CT molecular complexity index is 694. The number of hydrogen-bond acceptors (Lipinski definition) is 3. The number of methoxy groups -OCH3 is 1. The van der Waals surface area contributed by atoms with Gasteiger partial charge in [-0.1, -0.05) is 6.07 Å². The summed E-state index contributed by atoms with van der Waals surface area (Å²) in [5.41, 5.74) is 3.61. The second kappa shape index (κ2) is 5.48. The first-order chi connectivity index (χ1) is 10.2. The van der Waals surface area contributed by atoms with E-state index in [2.05, 4.69) is 11.4 Å². The lowest BCUT2D eigenvalue weighted by Gasteiger charge is -2.10. The Morgan fingerprint density at radius 2 is 1.95 bits per heavy atom. The number of phenols is 1. The number of carbonyl (C=O) groups is 1. The van der Waals surface area contributed by atoms with Crippen molar-refractivity contribution in [2.24, 2.45) is 0 Å². The van der Waals surface area contributed by atoms with Crippen molar-refractivity contribution in [1.29, 1.82) is 0 Å². The molecular formula is C17H17NO3. The number of hydrogen-bond donors (Lipinski definition) is 2. The Labute approximate surface area is 123 Å². The molecule has 0 fully saturated rings. The van der Waals surface area contributed by atoms with Crippen LogP contribution in [0.3, 0.4) is 0 Å². The minimum atomic E-state index is -0.343. The van der Waals surface area contributed by atoms with Crippen LogP contribution < -0.4 is 10.1 Å². The normalized spacial score (nSPS) is 12.8. The molecule has 3 rings (SSSR count). The van der Waals surface area contributed by atoms with Crippen molar-refractivity contribution >= 4 is 11.6 Å². The fourth-order valence-corrected chi connectivity index (χ4v) is 2.67. The number of rotatable bonds is 3. The molecule has 0 aromatic heterocycles. The van der Waals surface area contributed by atoms with Crippen LogP contribution in [0.15, 0.2) is 36.4 Å². The summed E-state index contributed by atoms with van der Waals surface area (Å²) in [5.74, 6) is 0.130. The predicted octanol–water partition coefficient (Wildman–Crippen LogP) is 3.14. The molecule has 0 aliphatic heterocycles. The molecule has 2 aromatic carbocycles. The first kappa shape index (κ1) is 13.5. The van der Waals surface area contributed by atoms with Crippen molar-refractivity contribution in [2.75, 3.05) is 12.4 Å². The van der Waals surface area contributed by atoms with Gasteiger partial charge in [0, 0.05) is 5.69 Å². The van der Waals surface area contributed by atoms with Gasteiger partial charge in [0.25, 0.3) is 5.91 Å². The minimum absolute atomic E-state index is 0.0607. The standard InChI is InChI=1S/C17H17NO3/c1-21-14-7-8-16(19)15(10-14)17(20)18-13-6-5-11-3-2-4-12(11)9-13/h5-10,19H,2-4H2,1H3,(H,18,20). The summed E-state index contributed by atoms with van der Waals surface area (Å²) in [4.78, 5) is 12.3. The molecule has 0 spiro atoms. The van der Waals surface area contributed by atoms with Gasteiger partial charge in [0.1, 0.15) is 11.5 Å². The number of nitrogens with one attached hydrogen (secondary N) is 1. The zero-order valence-electron chi connectivity index (χ0n) is 11.8. The Morgan fingerprint density at radius 3 is 2.76 bits per heavy atom. The van der Waals surface area contributed by atoms with Crippen LogP contribution in [0.4, 0.5) is 5.69 Å². The lowest BCUT2D eigenvalue weighted by Crippen LogP contribution is -2.12. The molecule has 0 atom stereocenters. The molecule has 0 heterocycles. The van der Waals surface area contributed by atoms with E-state index in [-0.39, 0.29) is 17.2 Å². The number of amides is 1. The molecule has 0 saturated carbocycles. The topological polar surface area (TPSA) is 58.6 Å². The van der Waals surface area contributed by atoms with Crippen LogP contribution in [-0.4, -0.2) is 18.1 Å². The Hall–Kier alpha value is -2.49. The third-order valence-corrected chi connectivity index (χ3v) is 3.80. The van der Waals surface area contributed by atoms with Crippen LogP contribution >= 0.6 is 0 Å². The Balaban J connectivity index is 1.83. The van der Waals surface area contributed by atoms with Gasteiger partial charge in [-0.25, -0.2) is 0 Å². The third-order valence-electron chi connectivity index (χ3n) is 3.80. The Kier molecular flexibility index (Phi) is 3.52. The van der Waals surface area contributed by atoms with Gasteiger partial charge in [-0.3, -0.25) is 4.79 Å². The molecular weight excluding hydrogens is 266 g/mol. The van der Waals surface area contributed by atoms with E-state index in [0.29, 0.717) is 5.75 Å². The monoisotopic (exact) mass is 283 g/mol. The maximum absolute atomic E-state index is 12.3. The number of ether oxygens (including phenoxy) is 1. The van der Waals surface area contributed by atoms with Crippen LogP contribution in [0.25, 0.3) is 0 Å². The zero-order chi connectivity index (χ0) is 14.8. The maximum Gasteiger partial charge on any atom is 0.259 e. The van der Waals surface area contributed by atoms with Gasteiger partial charge in [-0.15, -0.1) is 0 Å². The SMILES string of the molecule is COc1ccc(O)c(C(=O)Nc2ccc3c(c2)CCC3)c1. The van der Waals surface area contributed by atoms with E-state index < -0.39 is 0 Å². The summed E-state index contributed by atoms with van der Waals surface area (Å²) >= 11 is 0. The van der Waals surface area contributed by atoms with Crippen LogP contribution in [0, 0.1) is 0 Å². The predicted molar refractivity (Wildman–Crippen MR) is 81.1 cm³/mol. The lowest BCUT2D eigenvalue weighted by molar-refractivity contribution is 0.102. The van der Waals surface area contributed by atoms with Gasteiger partial charge in [-0.2, -0.15) is 0 Å². The maximum atomic E-state index is 12.3. The number of benzene rings is 2. The molecule has 1 amide bonds. The highest BCUT2D eigenvalue weighted by Gasteiger charge is 2.15. The molecule has 4 nitrogen and oxygen atoms in total. The van der Waals surface area contributed by atoms with E-state index in [4.69, 9.17) is 4.74 Å². The van der Waals surface area contributed by atoms with Gasteiger partial charge >= 0.3 is 0 Å². The average molecular weight is 283 g/mol. The molecule has 1 aliphatic carbocycles. The first-order valence-corrected chi connectivity index (χ1v) is 6.97. The summed E-state index contributed by atoms with van der Waals surface area (Å²) in [6, 6.07) is 10.6. The Morgan fingerprint density at radius 1 is 1.14 bits per heavy atom. The summed E-state index contributed by atoms with van der Waals surface area (Å²) in [5, 5.41) is 12.6. The van der Waals surface area contributed by atoms with Crippen molar-refractivity contribution in [3.8, 4) is 11.5 Å². The third kappa shape index (κ3) is 2.70. The molecule has 0 bridgehead atoms. The van der Waals surface area contributed by atoms with Gasteiger partial charge in [0.15, 0.2) is 0 Å². The van der Waals surface area contributed by atoms with E-state index in [9.17, 15) is 9.90 Å². The number of carbonyl (C=O) groups excluding carboxylic acids is 1. The molecule has 2 aromatic rings. The quantitative estimate of drug-likeness (QED) is 0.909. The highest BCUT2D eigenvalue weighted by Crippen LogP contribution is 2.27.